The molecule has 0 atom stereocenters. The zero-order valence-corrected chi connectivity index (χ0v) is 18.5. The van der Waals surface area contributed by atoms with Crippen molar-refractivity contribution in [1.29, 1.82) is 0 Å². The number of oxime groups is 1. The summed E-state index contributed by atoms with van der Waals surface area (Å²) in [5.74, 6) is -0.800. The second-order valence-corrected chi connectivity index (χ2v) is 6.98. The van der Waals surface area contributed by atoms with Gasteiger partial charge in [0.15, 0.2) is 12.3 Å². The summed E-state index contributed by atoms with van der Waals surface area (Å²) in [5, 5.41) is 4.67. The molecule has 1 aromatic heterocycles. The SMILES string of the molecule is CCO/N=C(\C(N)=O)c1c(CC)n(Cc2ccccc2)c2cccc(OCC(=O)OC)c12. The van der Waals surface area contributed by atoms with Gasteiger partial charge in [-0.25, -0.2) is 4.79 Å². The van der Waals surface area contributed by atoms with E-state index < -0.39 is 11.9 Å². The zero-order chi connectivity index (χ0) is 23.1. The van der Waals surface area contributed by atoms with E-state index in [1.807, 2.05) is 49.4 Å². The Hall–Kier alpha value is -3.81. The van der Waals surface area contributed by atoms with Crippen LogP contribution in [-0.2, 0) is 32.1 Å². The van der Waals surface area contributed by atoms with Crippen LogP contribution in [-0.4, -0.2) is 42.5 Å². The molecule has 0 spiro atoms. The first kappa shape index (κ1) is 22.9. The van der Waals surface area contributed by atoms with E-state index in [4.69, 9.17) is 20.0 Å². The maximum atomic E-state index is 12.4. The molecule has 0 fully saturated rings. The number of carbonyl (C=O) groups excluding carboxylic acids is 2. The molecule has 2 aromatic carbocycles. The highest BCUT2D eigenvalue weighted by molar-refractivity contribution is 6.47. The predicted octanol–water partition coefficient (Wildman–Crippen LogP) is 3.03. The van der Waals surface area contributed by atoms with Gasteiger partial charge in [0, 0.05) is 17.8 Å². The molecule has 0 saturated heterocycles. The first-order valence-corrected chi connectivity index (χ1v) is 10.4. The van der Waals surface area contributed by atoms with Crippen LogP contribution in [0.5, 0.6) is 5.75 Å². The van der Waals surface area contributed by atoms with Crippen molar-refractivity contribution in [3.8, 4) is 5.75 Å². The molecule has 32 heavy (non-hydrogen) atoms. The van der Waals surface area contributed by atoms with Gasteiger partial charge in [0.2, 0.25) is 0 Å². The summed E-state index contributed by atoms with van der Waals surface area (Å²) >= 11 is 0. The van der Waals surface area contributed by atoms with Gasteiger partial charge in [-0.15, -0.1) is 0 Å². The second kappa shape index (κ2) is 10.5. The molecule has 0 radical (unpaired) electrons. The number of nitrogens with two attached hydrogens (primary N) is 1. The number of methoxy groups -OCH3 is 1. The van der Waals surface area contributed by atoms with E-state index >= 15 is 0 Å². The van der Waals surface area contributed by atoms with Crippen LogP contribution in [0.15, 0.2) is 53.7 Å². The van der Waals surface area contributed by atoms with E-state index in [0.29, 0.717) is 29.7 Å². The third-order valence-corrected chi connectivity index (χ3v) is 5.01. The van der Waals surface area contributed by atoms with Gasteiger partial charge in [0.25, 0.3) is 5.91 Å². The third kappa shape index (κ3) is 4.74. The standard InChI is InChI=1S/C24H27N3O5/c1-4-17-22(23(24(25)29)26-32-5-2)21-18(27(17)14-16-10-7-6-8-11-16)12-9-13-19(21)31-15-20(28)30-3/h6-13H,4-5,14-15H2,1-3H3,(H2,25,29)/b26-23-. The maximum absolute atomic E-state index is 12.4. The second-order valence-electron chi connectivity index (χ2n) is 6.98. The highest BCUT2D eigenvalue weighted by Gasteiger charge is 2.27. The lowest BCUT2D eigenvalue weighted by molar-refractivity contribution is -0.142. The molecule has 3 rings (SSSR count). The number of hydrogen-bond donors (Lipinski definition) is 1. The maximum Gasteiger partial charge on any atom is 0.343 e. The molecule has 0 aliphatic heterocycles. The summed E-state index contributed by atoms with van der Waals surface area (Å²) in [7, 11) is 1.29. The van der Waals surface area contributed by atoms with Crippen molar-refractivity contribution in [2.45, 2.75) is 26.8 Å². The van der Waals surface area contributed by atoms with Crippen LogP contribution in [0.25, 0.3) is 10.9 Å². The number of rotatable bonds is 10. The van der Waals surface area contributed by atoms with Gasteiger partial charge in [-0.2, -0.15) is 0 Å². The molecular weight excluding hydrogens is 410 g/mol. The number of amides is 1. The number of hydrogen-bond acceptors (Lipinski definition) is 6. The quantitative estimate of drug-likeness (QED) is 0.298. The first-order valence-electron chi connectivity index (χ1n) is 10.4. The van der Waals surface area contributed by atoms with Gasteiger partial charge < -0.3 is 24.6 Å². The Morgan fingerprint density at radius 1 is 1.06 bits per heavy atom. The Morgan fingerprint density at radius 3 is 2.44 bits per heavy atom. The monoisotopic (exact) mass is 437 g/mol. The minimum atomic E-state index is -0.713. The molecule has 168 valence electrons. The van der Waals surface area contributed by atoms with Crippen molar-refractivity contribution >= 4 is 28.5 Å². The topological polar surface area (TPSA) is 105 Å². The van der Waals surface area contributed by atoms with Crippen molar-refractivity contribution in [1.82, 2.24) is 4.57 Å². The summed E-state index contributed by atoms with van der Waals surface area (Å²) in [5.41, 5.74) is 9.03. The molecular formula is C24H27N3O5. The normalized spacial score (nSPS) is 11.4. The average Bonchev–Trinajstić information content (AvgIpc) is 3.11. The summed E-state index contributed by atoms with van der Waals surface area (Å²) in [4.78, 5) is 29.3. The van der Waals surface area contributed by atoms with Gasteiger partial charge in [0.05, 0.1) is 18.0 Å². The number of carbonyl (C=O) groups is 2. The Labute approximate surface area is 186 Å². The van der Waals surface area contributed by atoms with Gasteiger partial charge >= 0.3 is 5.97 Å². The van der Waals surface area contributed by atoms with E-state index in [1.165, 1.54) is 7.11 Å². The number of esters is 1. The Balaban J connectivity index is 2.29. The van der Waals surface area contributed by atoms with Gasteiger partial charge in [-0.1, -0.05) is 48.5 Å². The molecule has 0 unspecified atom stereocenters. The molecule has 3 aromatic rings. The van der Waals surface area contributed by atoms with Crippen LogP contribution in [0.4, 0.5) is 0 Å². The molecule has 8 nitrogen and oxygen atoms in total. The smallest absolute Gasteiger partial charge is 0.343 e. The summed E-state index contributed by atoms with van der Waals surface area (Å²) in [6.07, 6.45) is 0.603. The van der Waals surface area contributed by atoms with Gasteiger partial charge in [-0.3, -0.25) is 4.79 Å². The van der Waals surface area contributed by atoms with Crippen LogP contribution in [0.2, 0.25) is 0 Å². The summed E-state index contributed by atoms with van der Waals surface area (Å²) in [6.45, 7) is 4.35. The van der Waals surface area contributed by atoms with E-state index in [9.17, 15) is 9.59 Å². The van der Waals surface area contributed by atoms with E-state index in [0.717, 1.165) is 16.8 Å². The van der Waals surface area contributed by atoms with Crippen LogP contribution >= 0.6 is 0 Å². The molecule has 0 aliphatic rings. The molecule has 8 heteroatoms. The molecule has 1 heterocycles. The molecule has 1 amide bonds. The van der Waals surface area contributed by atoms with Crippen molar-refractivity contribution in [2.24, 2.45) is 10.9 Å². The highest BCUT2D eigenvalue weighted by atomic mass is 16.6. The lowest BCUT2D eigenvalue weighted by Crippen LogP contribution is -2.26. The average molecular weight is 437 g/mol. The van der Waals surface area contributed by atoms with E-state index in [1.54, 1.807) is 13.0 Å². The third-order valence-electron chi connectivity index (χ3n) is 5.01. The van der Waals surface area contributed by atoms with E-state index in [-0.39, 0.29) is 18.9 Å². The molecule has 0 saturated carbocycles. The summed E-state index contributed by atoms with van der Waals surface area (Å²) in [6, 6.07) is 15.5. The van der Waals surface area contributed by atoms with Crippen molar-refractivity contribution in [3.63, 3.8) is 0 Å². The van der Waals surface area contributed by atoms with Crippen molar-refractivity contribution in [2.75, 3.05) is 20.3 Å². The predicted molar refractivity (Wildman–Crippen MR) is 122 cm³/mol. The fourth-order valence-corrected chi connectivity index (χ4v) is 3.65. The zero-order valence-electron chi connectivity index (χ0n) is 18.5. The lowest BCUT2D eigenvalue weighted by Gasteiger charge is -2.11. The Morgan fingerprint density at radius 2 is 1.81 bits per heavy atom. The largest absolute Gasteiger partial charge is 0.481 e. The van der Waals surface area contributed by atoms with Crippen LogP contribution < -0.4 is 10.5 Å². The minimum Gasteiger partial charge on any atom is -0.481 e. The number of fused-ring (bicyclic) bond motifs is 1. The Kier molecular flexibility index (Phi) is 7.49. The lowest BCUT2D eigenvalue weighted by atomic mass is 10.0. The highest BCUT2D eigenvalue weighted by Crippen LogP contribution is 2.35. The number of aromatic nitrogens is 1. The minimum absolute atomic E-state index is 0.00892. The fourth-order valence-electron chi connectivity index (χ4n) is 3.65. The Bertz CT molecular complexity index is 1140. The first-order chi connectivity index (χ1) is 15.5. The molecule has 0 aliphatic carbocycles. The summed E-state index contributed by atoms with van der Waals surface area (Å²) < 4.78 is 12.6. The van der Waals surface area contributed by atoms with Gasteiger partial charge in [0.1, 0.15) is 12.4 Å². The number of ether oxygens (including phenoxy) is 2. The van der Waals surface area contributed by atoms with Crippen LogP contribution in [0.3, 0.4) is 0 Å². The fraction of sp³-hybridized carbons (Fsp3) is 0.292. The van der Waals surface area contributed by atoms with Crippen molar-refractivity contribution in [3.05, 3.63) is 65.4 Å². The molecule has 2 N–H and O–H groups in total. The van der Waals surface area contributed by atoms with Crippen LogP contribution in [0.1, 0.15) is 30.7 Å². The van der Waals surface area contributed by atoms with Gasteiger partial charge in [-0.05, 0) is 31.0 Å². The van der Waals surface area contributed by atoms with E-state index in [2.05, 4.69) is 9.72 Å². The number of nitrogens with zero attached hydrogens (tertiary/aromatic N) is 2. The number of primary amides is 1. The van der Waals surface area contributed by atoms with Crippen molar-refractivity contribution < 1.29 is 23.9 Å². The van der Waals surface area contributed by atoms with Crippen LogP contribution in [0, 0.1) is 0 Å². The molecule has 0 bridgehead atoms. The number of benzene rings is 2.